The predicted octanol–water partition coefficient (Wildman–Crippen LogP) is 9.01. The summed E-state index contributed by atoms with van der Waals surface area (Å²) in [7, 11) is 0. The van der Waals surface area contributed by atoms with Crippen molar-refractivity contribution < 1.29 is 59.3 Å². The van der Waals surface area contributed by atoms with E-state index in [0.717, 1.165) is 32.1 Å². The van der Waals surface area contributed by atoms with Crippen LogP contribution in [0.15, 0.2) is 132 Å². The molecule has 8 rings (SSSR count). The van der Waals surface area contributed by atoms with Crippen LogP contribution in [0.5, 0.6) is 0 Å². The second-order valence-corrected chi connectivity index (χ2v) is 24.4. The summed E-state index contributed by atoms with van der Waals surface area (Å²) in [5.41, 5.74) is -5.69. The van der Waals surface area contributed by atoms with Crippen LogP contribution in [0.2, 0.25) is 0 Å². The van der Waals surface area contributed by atoms with Crippen LogP contribution in [0, 0.1) is 69.0 Å². The van der Waals surface area contributed by atoms with Crippen molar-refractivity contribution in [2.75, 3.05) is 13.2 Å². The predicted molar refractivity (Wildman–Crippen MR) is 293 cm³/mol. The summed E-state index contributed by atoms with van der Waals surface area (Å²) in [6.45, 7) is 19.2. The summed E-state index contributed by atoms with van der Waals surface area (Å²) >= 11 is 0. The number of ketones is 2. The van der Waals surface area contributed by atoms with Crippen LogP contribution in [-0.4, -0.2) is 103 Å². The van der Waals surface area contributed by atoms with E-state index in [0.29, 0.717) is 29.4 Å². The highest BCUT2D eigenvalue weighted by Crippen LogP contribution is 2.73. The van der Waals surface area contributed by atoms with Crippen LogP contribution in [0.1, 0.15) is 121 Å². The highest BCUT2D eigenvalue weighted by Gasteiger charge is 2.78. The third-order valence-electron chi connectivity index (χ3n) is 19.3. The molecule has 6 N–H and O–H groups in total. The molecule has 414 valence electrons. The number of fused-ring (bicyclic) bond motifs is 6. The van der Waals surface area contributed by atoms with Crippen LogP contribution in [0.3, 0.4) is 0 Å². The van der Waals surface area contributed by atoms with E-state index in [1.807, 2.05) is 44.2 Å². The summed E-state index contributed by atoms with van der Waals surface area (Å²) in [6, 6.07) is 0. The molecule has 0 heterocycles. The first-order valence-corrected chi connectivity index (χ1v) is 27.9. The van der Waals surface area contributed by atoms with Gasteiger partial charge in [0.1, 0.15) is 12.2 Å². The highest BCUT2D eigenvalue weighted by molar-refractivity contribution is 5.97. The molecule has 8 aliphatic carbocycles. The summed E-state index contributed by atoms with van der Waals surface area (Å²) in [5, 5.41) is 68.1. The first-order chi connectivity index (χ1) is 36.0. The third kappa shape index (κ3) is 9.80. The van der Waals surface area contributed by atoms with Gasteiger partial charge in [-0.05, 0) is 115 Å². The normalized spacial score (nSPS) is 39.6. The van der Waals surface area contributed by atoms with Crippen LogP contribution in [-0.2, 0) is 28.7 Å². The number of aliphatic hydroxyl groups excluding tert-OH is 4. The van der Waals surface area contributed by atoms with Crippen molar-refractivity contribution in [1.82, 2.24) is 0 Å². The molecule has 4 bridgehead atoms. The number of unbranched alkanes of at least 4 members (excludes halogenated alkanes) is 4. The Morgan fingerprint density at radius 2 is 0.974 bits per heavy atom. The Morgan fingerprint density at radius 3 is 1.36 bits per heavy atom. The van der Waals surface area contributed by atoms with Crippen molar-refractivity contribution >= 4 is 23.5 Å². The number of aliphatic hydroxyl groups is 6. The molecule has 4 saturated carbocycles. The second-order valence-electron chi connectivity index (χ2n) is 24.4. The number of ether oxygens (including phenoxy) is 2. The van der Waals surface area contributed by atoms with Crippen molar-refractivity contribution in [3.8, 4) is 0 Å². The largest absolute Gasteiger partial charge is 0.451 e. The minimum Gasteiger partial charge on any atom is -0.451 e. The minimum absolute atomic E-state index is 0.0348. The van der Waals surface area contributed by atoms with Crippen LogP contribution < -0.4 is 0 Å². The summed E-state index contributed by atoms with van der Waals surface area (Å²) in [4.78, 5) is 54.3. The van der Waals surface area contributed by atoms with Gasteiger partial charge < -0.3 is 40.1 Å². The molecule has 12 nitrogen and oxygen atoms in total. The number of rotatable bonds is 17. The van der Waals surface area contributed by atoms with Gasteiger partial charge in [-0.15, -0.1) is 0 Å². The van der Waals surface area contributed by atoms with Gasteiger partial charge in [0.25, 0.3) is 0 Å². The molecule has 0 aromatic carbocycles. The number of carbonyl (C=O) groups is 4. The summed E-state index contributed by atoms with van der Waals surface area (Å²) < 4.78 is 11.5. The number of esters is 2. The molecule has 0 aromatic rings. The van der Waals surface area contributed by atoms with Crippen LogP contribution >= 0.6 is 0 Å². The Hall–Kier alpha value is -4.82. The smallest absolute Gasteiger partial charge is 0.331 e. The van der Waals surface area contributed by atoms with Gasteiger partial charge in [-0.1, -0.05) is 172 Å². The quantitative estimate of drug-likeness (QED) is 0.0265. The SMILES string of the molecule is CCC/C=C/C=C/C=C/C=C/C(=O)OC1C(C)=CC23C(=O)C(C=C(CO)C(O)C12O)C1C(CC3C)C1(C)C.CCCCC/C=C/C=C/C=C/C(=O)OC1C(C)=CC23C(=O)C(C=C(CO)C(O)C12O)C1C(CC3C)C1(C)C. The number of Topliss-reactive ketones (excluding diaryl/α,β-unsaturated/α-hetero) is 2. The maximum atomic E-state index is 14.3. The van der Waals surface area contributed by atoms with Gasteiger partial charge >= 0.3 is 11.9 Å². The molecule has 12 heteroatoms. The molecule has 0 saturated heterocycles. The van der Waals surface area contributed by atoms with E-state index < -0.39 is 83.4 Å². The monoisotopic (exact) mass is 1050 g/mol. The molecule has 0 amide bonds. The van der Waals surface area contributed by atoms with Gasteiger partial charge in [-0.3, -0.25) is 9.59 Å². The molecular weight excluding hydrogens is 961 g/mol. The Balaban J connectivity index is 0.000000221. The molecule has 2 spiro atoms. The van der Waals surface area contributed by atoms with Gasteiger partial charge in [0.15, 0.2) is 35.0 Å². The van der Waals surface area contributed by atoms with Gasteiger partial charge in [-0.2, -0.15) is 0 Å². The zero-order valence-electron chi connectivity index (χ0n) is 46.5. The van der Waals surface area contributed by atoms with Crippen molar-refractivity contribution in [3.63, 3.8) is 0 Å². The van der Waals surface area contributed by atoms with E-state index in [4.69, 9.17) is 9.47 Å². The molecule has 16 atom stereocenters. The van der Waals surface area contributed by atoms with Crippen LogP contribution in [0.4, 0.5) is 0 Å². The summed E-state index contributed by atoms with van der Waals surface area (Å²) in [6.07, 6.45) is 33.9. The van der Waals surface area contributed by atoms with Crippen molar-refractivity contribution in [2.45, 2.75) is 156 Å². The lowest BCUT2D eigenvalue weighted by Gasteiger charge is -2.48. The van der Waals surface area contributed by atoms with Crippen LogP contribution in [0.25, 0.3) is 0 Å². The lowest BCUT2D eigenvalue weighted by molar-refractivity contribution is -0.201. The van der Waals surface area contributed by atoms with Crippen molar-refractivity contribution in [2.24, 2.45) is 69.0 Å². The second kappa shape index (κ2) is 22.9. The molecular formula is C64H86O12. The fraction of sp³-hybridized carbons (Fsp3) is 0.594. The summed E-state index contributed by atoms with van der Waals surface area (Å²) in [5.74, 6) is -2.57. The molecule has 76 heavy (non-hydrogen) atoms. The number of carbonyl (C=O) groups excluding carboxylic acids is 4. The Kier molecular flexibility index (Phi) is 17.7. The van der Waals surface area contributed by atoms with E-state index in [2.05, 4.69) is 53.7 Å². The van der Waals surface area contributed by atoms with E-state index in [1.165, 1.54) is 25.0 Å². The number of hydrogen-bond acceptors (Lipinski definition) is 12. The zero-order valence-corrected chi connectivity index (χ0v) is 46.5. The first kappa shape index (κ1) is 58.9. The topological polar surface area (TPSA) is 208 Å². The molecule has 0 aromatic heterocycles. The molecule has 0 radical (unpaired) electrons. The van der Waals surface area contributed by atoms with E-state index in [-0.39, 0.29) is 57.2 Å². The zero-order chi connectivity index (χ0) is 55.8. The number of hydrogen-bond donors (Lipinski definition) is 6. The van der Waals surface area contributed by atoms with Gasteiger partial charge in [0.2, 0.25) is 0 Å². The molecule has 4 fully saturated rings. The lowest BCUT2D eigenvalue weighted by atomic mass is 9.59. The van der Waals surface area contributed by atoms with Crippen molar-refractivity contribution in [3.05, 3.63) is 132 Å². The van der Waals surface area contributed by atoms with Gasteiger partial charge in [0.05, 0.1) is 24.0 Å². The lowest BCUT2D eigenvalue weighted by Crippen LogP contribution is -2.65. The minimum atomic E-state index is -2.12. The standard InChI is InChI=1S/C32H44O6.C32H42O6/c2*1-6-7-8-9-10-11-12-13-14-15-25(34)38-29-20(2)18-31-21(3)16-24-26(30(24,4)5)23(28(31)36)17-22(19-33)27(35)32(29,31)37/h10-15,17-18,21,23-24,26-27,29,33,35,37H,6-9,16,19H2,1-5H3;8-15,17-18,21,23-24,26-27,29,33,35,37H,6-7,16,19H2,1-5H3/b11-10+,13-12+,15-14+;9-8+,11-10+,13-12+,15-14+. The molecule has 0 aliphatic heterocycles. The van der Waals surface area contributed by atoms with Gasteiger partial charge in [0, 0.05) is 24.0 Å². The molecule has 16 unspecified atom stereocenters. The third-order valence-corrected chi connectivity index (χ3v) is 19.3. The average molecular weight is 1050 g/mol. The Labute approximate surface area is 451 Å². The number of allylic oxidation sites excluding steroid dienone is 14. The van der Waals surface area contributed by atoms with Gasteiger partial charge in [-0.25, -0.2) is 9.59 Å². The first-order valence-electron chi connectivity index (χ1n) is 27.9. The average Bonchev–Trinajstić information content (AvgIpc) is 4.14. The molecule has 8 aliphatic rings. The van der Waals surface area contributed by atoms with E-state index >= 15 is 0 Å². The Morgan fingerprint density at radius 1 is 0.592 bits per heavy atom. The fourth-order valence-electron chi connectivity index (χ4n) is 15.2. The highest BCUT2D eigenvalue weighted by atomic mass is 16.6. The van der Waals surface area contributed by atoms with E-state index in [9.17, 15) is 49.8 Å². The van der Waals surface area contributed by atoms with Crippen molar-refractivity contribution in [1.29, 1.82) is 0 Å². The maximum absolute atomic E-state index is 14.3. The fourth-order valence-corrected chi connectivity index (χ4v) is 15.2. The maximum Gasteiger partial charge on any atom is 0.331 e. The van der Waals surface area contributed by atoms with E-state index in [1.54, 1.807) is 68.5 Å². The Bertz CT molecular complexity index is 2580.